The monoisotopic (exact) mass is 557 g/mol. The van der Waals surface area contributed by atoms with Crippen LogP contribution in [0.1, 0.15) is 29.7 Å². The SMILES string of the molecule is CCOC(=O)C(c1ccccc1)N1C(=O)/C(=C\c2cccc(OCc3ccc(Cl)cc3Cl)c2)SC1=S. The van der Waals surface area contributed by atoms with Crippen LogP contribution in [-0.4, -0.2) is 27.7 Å². The van der Waals surface area contributed by atoms with E-state index in [-0.39, 0.29) is 23.4 Å². The number of nitrogens with zero attached hydrogens (tertiary/aromatic N) is 1. The molecule has 0 N–H and O–H groups in total. The van der Waals surface area contributed by atoms with Crippen LogP contribution in [0.5, 0.6) is 5.75 Å². The number of ether oxygens (including phenoxy) is 2. The molecule has 1 amide bonds. The fraction of sp³-hybridized carbons (Fsp3) is 0.148. The van der Waals surface area contributed by atoms with Gasteiger partial charge in [0.1, 0.15) is 16.7 Å². The van der Waals surface area contributed by atoms with Crippen molar-refractivity contribution in [1.29, 1.82) is 0 Å². The highest BCUT2D eigenvalue weighted by Gasteiger charge is 2.42. The lowest BCUT2D eigenvalue weighted by atomic mass is 10.1. The lowest BCUT2D eigenvalue weighted by Crippen LogP contribution is -2.38. The summed E-state index contributed by atoms with van der Waals surface area (Å²) in [5, 5.41) is 1.08. The molecule has 1 aliphatic rings. The zero-order valence-corrected chi connectivity index (χ0v) is 22.3. The molecular formula is C27H21Cl2NO4S2. The Kier molecular flexibility index (Phi) is 8.69. The van der Waals surface area contributed by atoms with Crippen LogP contribution in [0.3, 0.4) is 0 Å². The first-order chi connectivity index (χ1) is 17.4. The van der Waals surface area contributed by atoms with Crippen molar-refractivity contribution in [2.75, 3.05) is 6.61 Å². The van der Waals surface area contributed by atoms with Gasteiger partial charge in [0.25, 0.3) is 5.91 Å². The molecule has 9 heteroatoms. The first kappa shape index (κ1) is 26.2. The molecule has 1 saturated heterocycles. The Balaban J connectivity index is 1.55. The summed E-state index contributed by atoms with van der Waals surface area (Å²) in [6.45, 7) is 2.18. The third kappa shape index (κ3) is 6.10. The molecule has 0 aromatic heterocycles. The quantitative estimate of drug-likeness (QED) is 0.167. The maximum absolute atomic E-state index is 13.4. The van der Waals surface area contributed by atoms with E-state index in [9.17, 15) is 9.59 Å². The average Bonchev–Trinajstić information content (AvgIpc) is 3.12. The van der Waals surface area contributed by atoms with Crippen LogP contribution in [0.4, 0.5) is 0 Å². The van der Waals surface area contributed by atoms with Crippen LogP contribution in [0, 0.1) is 0 Å². The molecule has 5 nitrogen and oxygen atoms in total. The molecule has 3 aromatic rings. The van der Waals surface area contributed by atoms with Gasteiger partial charge in [0, 0.05) is 15.6 Å². The third-order valence-electron chi connectivity index (χ3n) is 5.27. The molecule has 184 valence electrons. The molecule has 1 heterocycles. The van der Waals surface area contributed by atoms with Crippen LogP contribution in [0.2, 0.25) is 10.0 Å². The maximum atomic E-state index is 13.4. The number of benzene rings is 3. The van der Waals surface area contributed by atoms with E-state index in [4.69, 9.17) is 44.9 Å². The standard InChI is InChI=1S/C27H21Cl2NO4S2/c1-2-33-26(32)24(18-8-4-3-5-9-18)30-25(31)23(36-27(30)35)14-17-7-6-10-21(13-17)34-16-19-11-12-20(28)15-22(19)29/h3-15,24H,2,16H2,1H3/b23-14+. The first-order valence-corrected chi connectivity index (χ1v) is 13.0. The molecule has 0 bridgehead atoms. The molecule has 0 spiro atoms. The summed E-state index contributed by atoms with van der Waals surface area (Å²) < 4.78 is 11.4. The summed E-state index contributed by atoms with van der Waals surface area (Å²) in [5.74, 6) is -0.275. The summed E-state index contributed by atoms with van der Waals surface area (Å²) in [6, 6.07) is 20.6. The average molecular weight is 559 g/mol. The lowest BCUT2D eigenvalue weighted by molar-refractivity contribution is -0.151. The highest BCUT2D eigenvalue weighted by atomic mass is 35.5. The fourth-order valence-electron chi connectivity index (χ4n) is 3.59. The van der Waals surface area contributed by atoms with Gasteiger partial charge in [0.2, 0.25) is 0 Å². The zero-order valence-electron chi connectivity index (χ0n) is 19.1. The van der Waals surface area contributed by atoms with Gasteiger partial charge in [-0.05, 0) is 48.4 Å². The van der Waals surface area contributed by atoms with Crippen molar-refractivity contribution in [1.82, 2.24) is 4.90 Å². The third-order valence-corrected chi connectivity index (χ3v) is 7.19. The normalized spacial score (nSPS) is 15.3. The number of thiocarbonyl (C=S) groups is 1. The molecule has 4 rings (SSSR count). The van der Waals surface area contributed by atoms with Gasteiger partial charge < -0.3 is 9.47 Å². The molecule has 0 aliphatic carbocycles. The number of amides is 1. The van der Waals surface area contributed by atoms with Crippen LogP contribution in [-0.2, 0) is 20.9 Å². The molecule has 1 unspecified atom stereocenters. The molecule has 36 heavy (non-hydrogen) atoms. The largest absolute Gasteiger partial charge is 0.489 e. The number of carbonyl (C=O) groups excluding carboxylic acids is 2. The van der Waals surface area contributed by atoms with Crippen LogP contribution in [0.15, 0.2) is 77.7 Å². The van der Waals surface area contributed by atoms with Crippen molar-refractivity contribution in [3.63, 3.8) is 0 Å². The van der Waals surface area contributed by atoms with Crippen LogP contribution >= 0.6 is 47.2 Å². The predicted molar refractivity (Wildman–Crippen MR) is 148 cm³/mol. The second-order valence-corrected chi connectivity index (χ2v) is 10.2. The van der Waals surface area contributed by atoms with E-state index in [0.717, 1.165) is 22.9 Å². The van der Waals surface area contributed by atoms with Gasteiger partial charge >= 0.3 is 5.97 Å². The van der Waals surface area contributed by atoms with Gasteiger partial charge in [-0.25, -0.2) is 4.79 Å². The van der Waals surface area contributed by atoms with Gasteiger partial charge in [-0.2, -0.15) is 0 Å². The van der Waals surface area contributed by atoms with E-state index in [1.165, 1.54) is 4.90 Å². The zero-order chi connectivity index (χ0) is 25.7. The van der Waals surface area contributed by atoms with Crippen molar-refractivity contribution >= 4 is 69.5 Å². The number of hydrogen-bond donors (Lipinski definition) is 0. The van der Waals surface area contributed by atoms with Gasteiger partial charge in [-0.15, -0.1) is 0 Å². The van der Waals surface area contributed by atoms with E-state index < -0.39 is 12.0 Å². The van der Waals surface area contributed by atoms with Gasteiger partial charge in [-0.1, -0.05) is 95.7 Å². The molecule has 0 radical (unpaired) electrons. The van der Waals surface area contributed by atoms with Crippen molar-refractivity contribution in [2.24, 2.45) is 0 Å². The molecular weight excluding hydrogens is 537 g/mol. The fourth-order valence-corrected chi connectivity index (χ4v) is 5.37. The molecule has 1 fully saturated rings. The Bertz CT molecular complexity index is 1330. The maximum Gasteiger partial charge on any atom is 0.333 e. The summed E-state index contributed by atoms with van der Waals surface area (Å²) in [6.07, 6.45) is 1.73. The minimum Gasteiger partial charge on any atom is -0.489 e. The molecule has 3 aromatic carbocycles. The summed E-state index contributed by atoms with van der Waals surface area (Å²) >= 11 is 18.8. The van der Waals surface area contributed by atoms with Crippen LogP contribution < -0.4 is 4.74 Å². The molecule has 1 aliphatic heterocycles. The van der Waals surface area contributed by atoms with Gasteiger partial charge in [0.05, 0.1) is 11.5 Å². The van der Waals surface area contributed by atoms with E-state index in [1.807, 2.05) is 36.4 Å². The minimum atomic E-state index is -0.955. The van der Waals surface area contributed by atoms with E-state index in [2.05, 4.69) is 0 Å². The molecule has 1 atom stereocenters. The first-order valence-electron chi connectivity index (χ1n) is 11.0. The van der Waals surface area contributed by atoms with E-state index in [0.29, 0.717) is 26.3 Å². The number of hydrogen-bond acceptors (Lipinski definition) is 6. The smallest absolute Gasteiger partial charge is 0.333 e. The summed E-state index contributed by atoms with van der Waals surface area (Å²) in [7, 11) is 0. The number of halogens is 2. The number of carbonyl (C=O) groups is 2. The van der Waals surface area contributed by atoms with E-state index >= 15 is 0 Å². The Morgan fingerprint density at radius 1 is 1.08 bits per heavy atom. The van der Waals surface area contributed by atoms with Crippen molar-refractivity contribution in [3.8, 4) is 5.75 Å². The Morgan fingerprint density at radius 2 is 1.86 bits per heavy atom. The van der Waals surface area contributed by atoms with Crippen molar-refractivity contribution in [2.45, 2.75) is 19.6 Å². The highest BCUT2D eigenvalue weighted by molar-refractivity contribution is 8.26. The van der Waals surface area contributed by atoms with Crippen molar-refractivity contribution < 1.29 is 19.1 Å². The molecule has 0 saturated carbocycles. The summed E-state index contributed by atoms with van der Waals surface area (Å²) in [4.78, 5) is 27.9. The van der Waals surface area contributed by atoms with Crippen LogP contribution in [0.25, 0.3) is 6.08 Å². The Hall–Kier alpha value is -2.84. The number of esters is 1. The van der Waals surface area contributed by atoms with E-state index in [1.54, 1.807) is 49.4 Å². The van der Waals surface area contributed by atoms with Gasteiger partial charge in [0.15, 0.2) is 6.04 Å². The number of thioether (sulfide) groups is 1. The Morgan fingerprint density at radius 3 is 2.58 bits per heavy atom. The highest BCUT2D eigenvalue weighted by Crippen LogP contribution is 2.39. The topological polar surface area (TPSA) is 55.8 Å². The second kappa shape index (κ2) is 11.9. The van der Waals surface area contributed by atoms with Crippen molar-refractivity contribution in [3.05, 3.63) is 104 Å². The second-order valence-electron chi connectivity index (χ2n) is 7.71. The predicted octanol–water partition coefficient (Wildman–Crippen LogP) is 7.08. The lowest BCUT2D eigenvalue weighted by Gasteiger charge is -2.25. The number of rotatable bonds is 8. The summed E-state index contributed by atoms with van der Waals surface area (Å²) in [5.41, 5.74) is 2.19. The minimum absolute atomic E-state index is 0.195. The Labute approximate surface area is 229 Å². The van der Waals surface area contributed by atoms with Gasteiger partial charge in [-0.3, -0.25) is 9.69 Å².